The van der Waals surface area contributed by atoms with Crippen molar-refractivity contribution in [1.29, 1.82) is 0 Å². The molecule has 2 aliphatic rings. The number of likely N-dealkylation sites (tertiary alicyclic amines) is 1. The number of aryl methyl sites for hydroxylation is 1. The van der Waals surface area contributed by atoms with E-state index in [4.69, 9.17) is 4.74 Å². The molecule has 0 radical (unpaired) electrons. The molecule has 1 aliphatic heterocycles. The number of benzene rings is 1. The highest BCUT2D eigenvalue weighted by atomic mass is 19.3. The molecule has 3 rings (SSSR count). The third-order valence-corrected chi connectivity index (χ3v) is 8.34. The molecule has 0 bridgehead atoms. The Bertz CT molecular complexity index is 783. The lowest BCUT2D eigenvalue weighted by Crippen LogP contribution is -2.52. The normalized spacial score (nSPS) is 24.3. The third kappa shape index (κ3) is 7.43. The van der Waals surface area contributed by atoms with Crippen LogP contribution in [0, 0.1) is 24.6 Å². The van der Waals surface area contributed by atoms with Gasteiger partial charge in [0.15, 0.2) is 0 Å². The molecule has 0 aromatic heterocycles. The molecule has 7 heteroatoms. The standard InChI is InChI=1S/C28H45F3N2O2/c1-21-8-6-10-25(26(21)29)28(34,13-4-5-17-35-3)23-9-7-16-33(20-23)24(19-32-2)18-22-11-14-27(30,31)15-12-22/h6,8,10,22-24,32,34H,4-5,7,9,11-20H2,1-3H3/t23-,24?,28+/m1/s1. The molecule has 1 aliphatic carbocycles. The lowest BCUT2D eigenvalue weighted by molar-refractivity contribution is -0.0740. The first-order valence-corrected chi connectivity index (χ1v) is 13.4. The van der Waals surface area contributed by atoms with E-state index in [0.717, 1.165) is 45.2 Å². The Morgan fingerprint density at radius 2 is 1.97 bits per heavy atom. The van der Waals surface area contributed by atoms with E-state index in [-0.39, 0.29) is 30.6 Å². The second-order valence-electron chi connectivity index (χ2n) is 10.9. The van der Waals surface area contributed by atoms with E-state index in [1.54, 1.807) is 26.2 Å². The SMILES string of the molecule is CNCC(CC1CCC(F)(F)CC1)N1CCC[C@@H]([C@@](O)(CCCCOC)c2cccc(C)c2F)C1. The molecule has 1 heterocycles. The molecule has 2 N–H and O–H groups in total. The van der Waals surface area contributed by atoms with Crippen molar-refractivity contribution in [2.75, 3.05) is 40.4 Å². The number of likely N-dealkylation sites (N-methyl/N-ethyl adjacent to an activating group) is 1. The van der Waals surface area contributed by atoms with Crippen LogP contribution in [-0.4, -0.2) is 62.4 Å². The largest absolute Gasteiger partial charge is 0.385 e. The van der Waals surface area contributed by atoms with Gasteiger partial charge in [-0.3, -0.25) is 4.90 Å². The fourth-order valence-corrected chi connectivity index (χ4v) is 6.23. The predicted molar refractivity (Wildman–Crippen MR) is 134 cm³/mol. The van der Waals surface area contributed by atoms with Crippen LogP contribution < -0.4 is 5.32 Å². The average Bonchev–Trinajstić information content (AvgIpc) is 2.84. The zero-order valence-electron chi connectivity index (χ0n) is 21.8. The highest BCUT2D eigenvalue weighted by molar-refractivity contribution is 5.31. The molecular weight excluding hydrogens is 453 g/mol. The van der Waals surface area contributed by atoms with Crippen molar-refractivity contribution in [3.8, 4) is 0 Å². The second-order valence-corrected chi connectivity index (χ2v) is 10.9. The molecule has 200 valence electrons. The first-order valence-electron chi connectivity index (χ1n) is 13.4. The number of ether oxygens (including phenoxy) is 1. The van der Waals surface area contributed by atoms with Gasteiger partial charge in [-0.25, -0.2) is 13.2 Å². The fraction of sp³-hybridized carbons (Fsp3) is 0.786. The molecule has 1 unspecified atom stereocenters. The minimum absolute atomic E-state index is 0.0135. The minimum atomic E-state index is -2.51. The van der Waals surface area contributed by atoms with Crippen LogP contribution in [0.3, 0.4) is 0 Å². The van der Waals surface area contributed by atoms with E-state index in [1.807, 2.05) is 13.1 Å². The van der Waals surface area contributed by atoms with Crippen molar-refractivity contribution >= 4 is 0 Å². The van der Waals surface area contributed by atoms with Gasteiger partial charge in [-0.05, 0) is 83.4 Å². The van der Waals surface area contributed by atoms with Crippen LogP contribution in [0.2, 0.25) is 0 Å². The molecule has 0 spiro atoms. The number of unbranched alkanes of at least 4 members (excludes halogenated alkanes) is 1. The molecule has 1 aromatic rings. The number of rotatable bonds is 12. The number of halogens is 3. The summed E-state index contributed by atoms with van der Waals surface area (Å²) >= 11 is 0. The van der Waals surface area contributed by atoms with Gasteiger partial charge in [0.05, 0.1) is 5.60 Å². The Balaban J connectivity index is 1.77. The molecule has 0 amide bonds. The Morgan fingerprint density at radius 1 is 1.23 bits per heavy atom. The maximum atomic E-state index is 15.3. The molecule has 4 nitrogen and oxygen atoms in total. The smallest absolute Gasteiger partial charge is 0.248 e. The predicted octanol–water partition coefficient (Wildman–Crippen LogP) is 5.65. The van der Waals surface area contributed by atoms with Gasteiger partial charge in [0.25, 0.3) is 0 Å². The summed E-state index contributed by atoms with van der Waals surface area (Å²) in [6, 6.07) is 5.54. The first kappa shape index (κ1) is 28.4. The molecule has 1 saturated carbocycles. The van der Waals surface area contributed by atoms with Gasteiger partial charge in [-0.2, -0.15) is 0 Å². The maximum absolute atomic E-state index is 15.3. The summed E-state index contributed by atoms with van der Waals surface area (Å²) in [7, 11) is 3.60. The van der Waals surface area contributed by atoms with Gasteiger partial charge in [-0.15, -0.1) is 0 Å². The molecular formula is C28H45F3N2O2. The third-order valence-electron chi connectivity index (χ3n) is 8.34. The Morgan fingerprint density at radius 3 is 2.66 bits per heavy atom. The number of nitrogens with one attached hydrogen (secondary N) is 1. The summed E-state index contributed by atoms with van der Waals surface area (Å²) in [5.74, 6) is -2.61. The van der Waals surface area contributed by atoms with Crippen LogP contribution in [0.1, 0.15) is 75.3 Å². The van der Waals surface area contributed by atoms with E-state index < -0.39 is 11.5 Å². The summed E-state index contributed by atoms with van der Waals surface area (Å²) in [5.41, 5.74) is -0.298. The van der Waals surface area contributed by atoms with E-state index in [9.17, 15) is 13.9 Å². The lowest BCUT2D eigenvalue weighted by atomic mass is 9.73. The van der Waals surface area contributed by atoms with Gasteiger partial charge in [0.2, 0.25) is 5.92 Å². The topological polar surface area (TPSA) is 44.7 Å². The van der Waals surface area contributed by atoms with E-state index in [1.165, 1.54) is 0 Å². The van der Waals surface area contributed by atoms with Crippen LogP contribution in [-0.2, 0) is 10.3 Å². The second kappa shape index (κ2) is 12.9. The Kier molecular flexibility index (Phi) is 10.5. The lowest BCUT2D eigenvalue weighted by Gasteiger charge is -2.46. The quantitative estimate of drug-likeness (QED) is 0.366. The Hall–Kier alpha value is -1.15. The van der Waals surface area contributed by atoms with Crippen molar-refractivity contribution in [3.63, 3.8) is 0 Å². The number of hydrogen-bond acceptors (Lipinski definition) is 4. The monoisotopic (exact) mass is 498 g/mol. The zero-order chi connectivity index (χ0) is 25.5. The number of nitrogens with zero attached hydrogens (tertiary/aromatic N) is 1. The minimum Gasteiger partial charge on any atom is -0.385 e. The molecule has 2 fully saturated rings. The zero-order valence-corrected chi connectivity index (χ0v) is 21.8. The Labute approximate surface area is 209 Å². The summed E-state index contributed by atoms with van der Waals surface area (Å²) in [6.45, 7) is 4.75. The number of alkyl halides is 2. The average molecular weight is 499 g/mol. The van der Waals surface area contributed by atoms with Crippen LogP contribution in [0.4, 0.5) is 13.2 Å². The number of piperidine rings is 1. The highest BCUT2D eigenvalue weighted by Gasteiger charge is 2.43. The van der Waals surface area contributed by atoms with Gasteiger partial charge < -0.3 is 15.2 Å². The molecule has 1 aromatic carbocycles. The van der Waals surface area contributed by atoms with Crippen LogP contribution >= 0.6 is 0 Å². The summed E-state index contributed by atoms with van der Waals surface area (Å²) < 4.78 is 47.9. The van der Waals surface area contributed by atoms with Gasteiger partial charge in [0, 0.05) is 57.2 Å². The number of hydrogen-bond donors (Lipinski definition) is 2. The van der Waals surface area contributed by atoms with Gasteiger partial charge in [-0.1, -0.05) is 18.2 Å². The molecule has 3 atom stereocenters. The molecule has 35 heavy (non-hydrogen) atoms. The van der Waals surface area contributed by atoms with Crippen molar-refractivity contribution < 1.29 is 23.0 Å². The first-order chi connectivity index (χ1) is 16.7. The van der Waals surface area contributed by atoms with Gasteiger partial charge in [0.1, 0.15) is 5.82 Å². The van der Waals surface area contributed by atoms with Crippen molar-refractivity contribution in [2.24, 2.45) is 11.8 Å². The molecule has 1 saturated heterocycles. The summed E-state index contributed by atoms with van der Waals surface area (Å²) in [5, 5.41) is 15.4. The van der Waals surface area contributed by atoms with Crippen molar-refractivity contribution in [1.82, 2.24) is 10.2 Å². The van der Waals surface area contributed by atoms with Gasteiger partial charge >= 0.3 is 0 Å². The van der Waals surface area contributed by atoms with Crippen LogP contribution in [0.25, 0.3) is 0 Å². The van der Waals surface area contributed by atoms with Crippen LogP contribution in [0.15, 0.2) is 18.2 Å². The number of aliphatic hydroxyl groups is 1. The van der Waals surface area contributed by atoms with E-state index >= 15 is 4.39 Å². The van der Waals surface area contributed by atoms with E-state index in [2.05, 4.69) is 10.2 Å². The maximum Gasteiger partial charge on any atom is 0.248 e. The number of methoxy groups -OCH3 is 1. The fourth-order valence-electron chi connectivity index (χ4n) is 6.23. The van der Waals surface area contributed by atoms with Crippen molar-refractivity contribution in [3.05, 3.63) is 35.1 Å². The highest BCUT2D eigenvalue weighted by Crippen LogP contribution is 2.43. The summed E-state index contributed by atoms with van der Waals surface area (Å²) in [6.07, 6.45) is 5.83. The summed E-state index contributed by atoms with van der Waals surface area (Å²) in [4.78, 5) is 2.42. The van der Waals surface area contributed by atoms with Crippen LogP contribution in [0.5, 0.6) is 0 Å². The van der Waals surface area contributed by atoms with E-state index in [0.29, 0.717) is 49.5 Å². The van der Waals surface area contributed by atoms with Crippen molar-refractivity contribution in [2.45, 2.75) is 88.7 Å².